The molecule has 2 aromatic rings. The monoisotopic (exact) mass is 345 g/mol. The molecular weight excluding hydrogens is 322 g/mol. The van der Waals surface area contributed by atoms with E-state index in [0.29, 0.717) is 12.0 Å². The molecule has 24 heavy (non-hydrogen) atoms. The number of carboxylic acids is 1. The lowest BCUT2D eigenvalue weighted by Gasteiger charge is -2.13. The molecule has 1 unspecified atom stereocenters. The molecule has 5 heteroatoms. The molecule has 0 aliphatic carbocycles. The van der Waals surface area contributed by atoms with E-state index in [0.717, 1.165) is 12.8 Å². The number of hydrogen-bond donors (Lipinski definition) is 2. The Morgan fingerprint density at radius 3 is 2.50 bits per heavy atom. The minimum absolute atomic E-state index is 0.0956. The smallest absolute Gasteiger partial charge is 0.312 e. The normalized spacial score (nSPS) is 11.9. The van der Waals surface area contributed by atoms with E-state index in [2.05, 4.69) is 25.2 Å². The molecule has 2 rings (SSSR count). The van der Waals surface area contributed by atoms with E-state index in [1.165, 1.54) is 15.3 Å². The minimum atomic E-state index is -0.925. The second kappa shape index (κ2) is 8.64. The Kier molecular flexibility index (Phi) is 6.55. The third kappa shape index (κ3) is 5.20. The van der Waals surface area contributed by atoms with E-state index in [9.17, 15) is 14.7 Å². The van der Waals surface area contributed by atoms with Gasteiger partial charge in [0, 0.05) is 22.7 Å². The van der Waals surface area contributed by atoms with E-state index in [1.54, 1.807) is 35.6 Å². The van der Waals surface area contributed by atoms with Gasteiger partial charge in [-0.2, -0.15) is 0 Å². The summed E-state index contributed by atoms with van der Waals surface area (Å²) in [4.78, 5) is 26.0. The van der Waals surface area contributed by atoms with Gasteiger partial charge in [-0.25, -0.2) is 0 Å². The molecule has 0 radical (unpaired) electrons. The molecule has 1 aromatic carbocycles. The Balaban J connectivity index is 1.79. The number of carbonyl (C=O) groups excluding carboxylic acids is 1. The van der Waals surface area contributed by atoms with Crippen molar-refractivity contribution in [1.82, 2.24) is 5.32 Å². The Bertz CT molecular complexity index is 694. The fraction of sp³-hybridized carbons (Fsp3) is 0.368. The van der Waals surface area contributed by atoms with Gasteiger partial charge in [0.15, 0.2) is 0 Å². The van der Waals surface area contributed by atoms with Crippen molar-refractivity contribution in [3.8, 4) is 0 Å². The van der Waals surface area contributed by atoms with Crippen molar-refractivity contribution in [2.45, 2.75) is 39.0 Å². The molecule has 0 bridgehead atoms. The standard InChI is InChI=1S/C19H23NO3S/c1-13-11-16(14(2)24-13)9-6-10-18(21)20-12-17(19(22)23)15-7-4-3-5-8-15/h3-5,7-8,11,17H,6,9-10,12H2,1-2H3,(H,20,21)(H,22,23). The molecule has 4 nitrogen and oxygen atoms in total. The van der Waals surface area contributed by atoms with Crippen molar-refractivity contribution < 1.29 is 14.7 Å². The highest BCUT2D eigenvalue weighted by Crippen LogP contribution is 2.22. The number of aliphatic carboxylic acids is 1. The first-order valence-corrected chi connectivity index (χ1v) is 8.89. The maximum Gasteiger partial charge on any atom is 0.312 e. The van der Waals surface area contributed by atoms with Gasteiger partial charge in [-0.1, -0.05) is 30.3 Å². The lowest BCUT2D eigenvalue weighted by Crippen LogP contribution is -2.31. The van der Waals surface area contributed by atoms with Crippen LogP contribution >= 0.6 is 11.3 Å². The average Bonchev–Trinajstić information content (AvgIpc) is 2.86. The highest BCUT2D eigenvalue weighted by molar-refractivity contribution is 7.12. The first-order valence-electron chi connectivity index (χ1n) is 8.07. The van der Waals surface area contributed by atoms with Crippen LogP contribution in [0.2, 0.25) is 0 Å². The quantitative estimate of drug-likeness (QED) is 0.767. The number of thiophene rings is 1. The van der Waals surface area contributed by atoms with Gasteiger partial charge in [0.1, 0.15) is 0 Å². The second-order valence-corrected chi connectivity index (χ2v) is 7.36. The summed E-state index contributed by atoms with van der Waals surface area (Å²) < 4.78 is 0. The van der Waals surface area contributed by atoms with E-state index in [1.807, 2.05) is 6.07 Å². The van der Waals surface area contributed by atoms with Crippen LogP contribution in [-0.4, -0.2) is 23.5 Å². The van der Waals surface area contributed by atoms with Gasteiger partial charge in [-0.05, 0) is 43.9 Å². The minimum Gasteiger partial charge on any atom is -0.481 e. The van der Waals surface area contributed by atoms with Crippen molar-refractivity contribution in [1.29, 1.82) is 0 Å². The fourth-order valence-corrected chi connectivity index (χ4v) is 3.68. The Labute approximate surface area is 146 Å². The molecule has 1 aromatic heterocycles. The third-order valence-corrected chi connectivity index (χ3v) is 5.01. The SMILES string of the molecule is Cc1cc(CCCC(=O)NCC(C(=O)O)c2ccccc2)c(C)s1. The van der Waals surface area contributed by atoms with Crippen LogP contribution in [0.15, 0.2) is 36.4 Å². The van der Waals surface area contributed by atoms with E-state index < -0.39 is 11.9 Å². The maximum atomic E-state index is 12.0. The summed E-state index contributed by atoms with van der Waals surface area (Å²) >= 11 is 1.78. The van der Waals surface area contributed by atoms with Crippen molar-refractivity contribution in [2.24, 2.45) is 0 Å². The van der Waals surface area contributed by atoms with Crippen LogP contribution in [0.3, 0.4) is 0 Å². The van der Waals surface area contributed by atoms with Gasteiger partial charge in [-0.15, -0.1) is 11.3 Å². The number of nitrogens with one attached hydrogen (secondary N) is 1. The van der Waals surface area contributed by atoms with Crippen molar-refractivity contribution in [2.75, 3.05) is 6.54 Å². The number of carboxylic acid groups (broad SMARTS) is 1. The highest BCUT2D eigenvalue weighted by atomic mass is 32.1. The number of aryl methyl sites for hydroxylation is 3. The molecule has 1 heterocycles. The summed E-state index contributed by atoms with van der Waals surface area (Å²) in [6.07, 6.45) is 2.06. The molecule has 0 fully saturated rings. The van der Waals surface area contributed by atoms with Gasteiger partial charge in [0.05, 0.1) is 5.92 Å². The zero-order valence-corrected chi connectivity index (χ0v) is 14.9. The zero-order valence-electron chi connectivity index (χ0n) is 14.0. The second-order valence-electron chi connectivity index (χ2n) is 5.90. The zero-order chi connectivity index (χ0) is 17.5. The van der Waals surface area contributed by atoms with Crippen LogP contribution in [0.5, 0.6) is 0 Å². The predicted molar refractivity (Wildman–Crippen MR) is 96.6 cm³/mol. The lowest BCUT2D eigenvalue weighted by atomic mass is 9.99. The number of carbonyl (C=O) groups is 2. The lowest BCUT2D eigenvalue weighted by molar-refractivity contribution is -0.138. The number of benzene rings is 1. The molecular formula is C19H23NO3S. The van der Waals surface area contributed by atoms with Crippen molar-refractivity contribution in [3.63, 3.8) is 0 Å². The molecule has 0 aliphatic heterocycles. The molecule has 1 amide bonds. The summed E-state index contributed by atoms with van der Waals surface area (Å²) in [5, 5.41) is 12.1. The van der Waals surface area contributed by atoms with Gasteiger partial charge in [0.25, 0.3) is 0 Å². The maximum absolute atomic E-state index is 12.0. The summed E-state index contributed by atoms with van der Waals surface area (Å²) in [5.41, 5.74) is 2.01. The van der Waals surface area contributed by atoms with Gasteiger partial charge < -0.3 is 10.4 Å². The molecule has 128 valence electrons. The van der Waals surface area contributed by atoms with Gasteiger partial charge in [0.2, 0.25) is 5.91 Å². The Hall–Kier alpha value is -2.14. The summed E-state index contributed by atoms with van der Waals surface area (Å²) in [7, 11) is 0. The Morgan fingerprint density at radius 1 is 1.21 bits per heavy atom. The van der Waals surface area contributed by atoms with Gasteiger partial charge >= 0.3 is 5.97 Å². The highest BCUT2D eigenvalue weighted by Gasteiger charge is 2.20. The van der Waals surface area contributed by atoms with Crippen LogP contribution in [-0.2, 0) is 16.0 Å². The van der Waals surface area contributed by atoms with Crippen LogP contribution in [0.4, 0.5) is 0 Å². The van der Waals surface area contributed by atoms with E-state index >= 15 is 0 Å². The number of amides is 1. The first-order chi connectivity index (χ1) is 11.5. The predicted octanol–water partition coefficient (Wildman–Crippen LogP) is 3.67. The molecule has 0 spiro atoms. The molecule has 0 saturated carbocycles. The van der Waals surface area contributed by atoms with Crippen molar-refractivity contribution >= 4 is 23.2 Å². The summed E-state index contributed by atoms with van der Waals surface area (Å²) in [6.45, 7) is 4.31. The summed E-state index contributed by atoms with van der Waals surface area (Å²) in [6, 6.07) is 11.2. The molecule has 0 aliphatic rings. The van der Waals surface area contributed by atoms with E-state index in [4.69, 9.17) is 0 Å². The average molecular weight is 345 g/mol. The van der Waals surface area contributed by atoms with Gasteiger partial charge in [-0.3, -0.25) is 9.59 Å². The topological polar surface area (TPSA) is 66.4 Å². The Morgan fingerprint density at radius 2 is 1.92 bits per heavy atom. The molecule has 2 N–H and O–H groups in total. The third-order valence-electron chi connectivity index (χ3n) is 4.00. The number of hydrogen-bond acceptors (Lipinski definition) is 3. The van der Waals surface area contributed by atoms with Crippen LogP contribution < -0.4 is 5.32 Å². The van der Waals surface area contributed by atoms with E-state index in [-0.39, 0.29) is 12.5 Å². The van der Waals surface area contributed by atoms with Crippen molar-refractivity contribution in [3.05, 3.63) is 57.3 Å². The molecule has 1 atom stereocenters. The molecule has 0 saturated heterocycles. The van der Waals surface area contributed by atoms with Crippen LogP contribution in [0.25, 0.3) is 0 Å². The van der Waals surface area contributed by atoms with Crippen LogP contribution in [0, 0.1) is 13.8 Å². The fourth-order valence-electron chi connectivity index (χ4n) is 2.71. The summed E-state index contributed by atoms with van der Waals surface area (Å²) in [5.74, 6) is -1.73. The first kappa shape index (κ1) is 18.2. The number of rotatable bonds is 8. The largest absolute Gasteiger partial charge is 0.481 e. The van der Waals surface area contributed by atoms with Crippen LogP contribution in [0.1, 0.15) is 39.6 Å².